The summed E-state index contributed by atoms with van der Waals surface area (Å²) in [5.41, 5.74) is 7.86. The average molecular weight is 297 g/mol. The van der Waals surface area contributed by atoms with E-state index in [0.717, 1.165) is 12.1 Å². The summed E-state index contributed by atoms with van der Waals surface area (Å²) in [5, 5.41) is 3.36. The quantitative estimate of drug-likeness (QED) is 0.781. The first-order valence-corrected chi connectivity index (χ1v) is 8.12. The number of amides is 1. The van der Waals surface area contributed by atoms with Gasteiger partial charge in [-0.15, -0.1) is 0 Å². The molecule has 0 aliphatic rings. The van der Waals surface area contributed by atoms with Crippen molar-refractivity contribution in [2.24, 2.45) is 0 Å². The van der Waals surface area contributed by atoms with Crippen LogP contribution in [-0.4, -0.2) is 47.2 Å². The normalized spacial score (nSPS) is 13.6. The molecule has 112 valence electrons. The topological polar surface area (TPSA) is 75.4 Å². The molecule has 0 fully saturated rings. The molecule has 1 amide bonds. The van der Waals surface area contributed by atoms with E-state index in [-0.39, 0.29) is 11.2 Å². The highest BCUT2D eigenvalue weighted by Gasteiger charge is 2.10. The van der Waals surface area contributed by atoms with Crippen LogP contribution in [-0.2, 0) is 10.8 Å². The highest BCUT2D eigenvalue weighted by atomic mass is 32.2. The van der Waals surface area contributed by atoms with Gasteiger partial charge in [0, 0.05) is 48.5 Å². The van der Waals surface area contributed by atoms with Crippen molar-refractivity contribution in [3.63, 3.8) is 0 Å². The third kappa shape index (κ3) is 4.52. The van der Waals surface area contributed by atoms with Crippen LogP contribution >= 0.6 is 0 Å². The van der Waals surface area contributed by atoms with E-state index in [0.29, 0.717) is 17.8 Å². The Morgan fingerprint density at radius 1 is 1.45 bits per heavy atom. The van der Waals surface area contributed by atoms with Crippen LogP contribution in [0.5, 0.6) is 0 Å². The first-order valence-electron chi connectivity index (χ1n) is 6.50. The fourth-order valence-electron chi connectivity index (χ4n) is 1.69. The lowest BCUT2D eigenvalue weighted by Gasteiger charge is -2.14. The van der Waals surface area contributed by atoms with E-state index in [1.54, 1.807) is 38.6 Å². The van der Waals surface area contributed by atoms with E-state index in [1.807, 2.05) is 6.92 Å². The summed E-state index contributed by atoms with van der Waals surface area (Å²) in [5.74, 6) is -0.0711. The van der Waals surface area contributed by atoms with Gasteiger partial charge in [-0.25, -0.2) is 0 Å². The van der Waals surface area contributed by atoms with Crippen LogP contribution in [0.15, 0.2) is 18.2 Å². The molecule has 0 saturated carbocycles. The number of nitrogens with zero attached hydrogens (tertiary/aromatic N) is 1. The zero-order valence-electron chi connectivity index (χ0n) is 12.5. The van der Waals surface area contributed by atoms with Crippen LogP contribution in [0.3, 0.4) is 0 Å². The fourth-order valence-corrected chi connectivity index (χ4v) is 2.14. The van der Waals surface area contributed by atoms with Crippen LogP contribution in [0.2, 0.25) is 0 Å². The largest absolute Gasteiger partial charge is 0.397 e. The third-order valence-electron chi connectivity index (χ3n) is 3.14. The first kappa shape index (κ1) is 16.5. The number of benzene rings is 1. The number of hydrogen-bond acceptors (Lipinski definition) is 4. The number of rotatable bonds is 6. The van der Waals surface area contributed by atoms with Crippen molar-refractivity contribution in [1.29, 1.82) is 0 Å². The molecule has 1 rings (SSSR count). The van der Waals surface area contributed by atoms with E-state index >= 15 is 0 Å². The molecule has 6 heteroatoms. The maximum Gasteiger partial charge on any atom is 0.253 e. The second kappa shape index (κ2) is 7.28. The van der Waals surface area contributed by atoms with Gasteiger partial charge in [0.25, 0.3) is 5.91 Å². The minimum absolute atomic E-state index is 0.0711. The molecule has 2 atom stereocenters. The van der Waals surface area contributed by atoms with Crippen LogP contribution < -0.4 is 11.1 Å². The fraction of sp³-hybridized carbons (Fsp3) is 0.500. The maximum absolute atomic E-state index is 11.8. The second-order valence-corrected chi connectivity index (χ2v) is 6.83. The number of anilines is 2. The van der Waals surface area contributed by atoms with Gasteiger partial charge in [0.2, 0.25) is 0 Å². The van der Waals surface area contributed by atoms with Crippen molar-refractivity contribution < 1.29 is 9.00 Å². The Hall–Kier alpha value is -1.56. The molecule has 5 nitrogen and oxygen atoms in total. The molecule has 0 spiro atoms. The number of carbonyl (C=O) groups is 1. The van der Waals surface area contributed by atoms with E-state index in [4.69, 9.17) is 5.73 Å². The summed E-state index contributed by atoms with van der Waals surface area (Å²) in [6, 6.07) is 5.23. The molecule has 0 heterocycles. The number of hydrogen-bond donors (Lipinski definition) is 2. The molecule has 1 aromatic carbocycles. The second-order valence-electron chi connectivity index (χ2n) is 5.03. The lowest BCUT2D eigenvalue weighted by Crippen LogP contribution is -2.22. The van der Waals surface area contributed by atoms with E-state index in [2.05, 4.69) is 5.32 Å². The van der Waals surface area contributed by atoms with E-state index < -0.39 is 10.8 Å². The zero-order valence-corrected chi connectivity index (χ0v) is 13.3. The van der Waals surface area contributed by atoms with Crippen LogP contribution in [0.1, 0.15) is 23.7 Å². The Morgan fingerprint density at radius 2 is 2.10 bits per heavy atom. The standard InChI is InChI=1S/C14H23N3O2S/c1-10(20(4)19)7-8-16-13-6-5-11(9-12(13)15)14(18)17(2)3/h5-6,9-10,16H,7-8,15H2,1-4H3. The average Bonchev–Trinajstić information content (AvgIpc) is 2.39. The van der Waals surface area contributed by atoms with Gasteiger partial charge in [-0.05, 0) is 24.6 Å². The van der Waals surface area contributed by atoms with Crippen molar-refractivity contribution >= 4 is 28.1 Å². The summed E-state index contributed by atoms with van der Waals surface area (Å²) in [4.78, 5) is 13.3. The Balaban J connectivity index is 2.65. The molecule has 1 aromatic rings. The molecule has 3 N–H and O–H groups in total. The monoisotopic (exact) mass is 297 g/mol. The van der Waals surface area contributed by atoms with Gasteiger partial charge in [-0.3, -0.25) is 9.00 Å². The van der Waals surface area contributed by atoms with Crippen molar-refractivity contribution in [3.05, 3.63) is 23.8 Å². The number of carbonyl (C=O) groups excluding carboxylic acids is 1. The predicted molar refractivity (Wildman–Crippen MR) is 85.5 cm³/mol. The summed E-state index contributed by atoms with van der Waals surface area (Å²) in [6.45, 7) is 2.66. The molecule has 0 radical (unpaired) electrons. The highest BCUT2D eigenvalue weighted by molar-refractivity contribution is 7.84. The zero-order chi connectivity index (χ0) is 15.3. The van der Waals surface area contributed by atoms with Gasteiger partial charge in [-0.1, -0.05) is 6.92 Å². The molecule has 0 bridgehead atoms. The van der Waals surface area contributed by atoms with Gasteiger partial charge in [0.1, 0.15) is 0 Å². The van der Waals surface area contributed by atoms with Gasteiger partial charge < -0.3 is 16.0 Å². The highest BCUT2D eigenvalue weighted by Crippen LogP contribution is 2.20. The molecule has 0 aromatic heterocycles. The molecule has 0 saturated heterocycles. The molecule has 2 unspecified atom stereocenters. The molecular formula is C14H23N3O2S. The number of nitrogen functional groups attached to an aromatic ring is 1. The molecule has 0 aliphatic heterocycles. The summed E-state index contributed by atoms with van der Waals surface area (Å²) < 4.78 is 11.3. The molecule has 20 heavy (non-hydrogen) atoms. The molecular weight excluding hydrogens is 274 g/mol. The minimum atomic E-state index is -0.810. The van der Waals surface area contributed by atoms with Crippen LogP contribution in [0.4, 0.5) is 11.4 Å². The Labute approximate surface area is 123 Å². The van der Waals surface area contributed by atoms with Crippen LogP contribution in [0.25, 0.3) is 0 Å². The van der Waals surface area contributed by atoms with E-state index in [9.17, 15) is 9.00 Å². The van der Waals surface area contributed by atoms with E-state index in [1.165, 1.54) is 4.90 Å². The molecule has 0 aliphatic carbocycles. The Bertz CT molecular complexity index is 503. The van der Waals surface area contributed by atoms with Gasteiger partial charge in [0.15, 0.2) is 0 Å². The lowest BCUT2D eigenvalue weighted by molar-refractivity contribution is 0.0827. The van der Waals surface area contributed by atoms with Crippen LogP contribution in [0, 0.1) is 0 Å². The van der Waals surface area contributed by atoms with Gasteiger partial charge in [0.05, 0.1) is 11.4 Å². The smallest absolute Gasteiger partial charge is 0.253 e. The third-order valence-corrected chi connectivity index (χ3v) is 4.51. The predicted octanol–water partition coefficient (Wildman–Crippen LogP) is 1.54. The summed E-state index contributed by atoms with van der Waals surface area (Å²) in [7, 11) is 2.60. The van der Waals surface area contributed by atoms with Crippen molar-refractivity contribution in [2.45, 2.75) is 18.6 Å². The Morgan fingerprint density at radius 3 is 2.60 bits per heavy atom. The number of nitrogens with one attached hydrogen (secondary N) is 1. The van der Waals surface area contributed by atoms with Gasteiger partial charge in [-0.2, -0.15) is 0 Å². The SMILES string of the molecule is CC(CCNc1ccc(C(=O)N(C)C)cc1N)S(C)=O. The first-order chi connectivity index (χ1) is 9.32. The summed E-state index contributed by atoms with van der Waals surface area (Å²) >= 11 is 0. The summed E-state index contributed by atoms with van der Waals surface area (Å²) in [6.07, 6.45) is 2.52. The Kier molecular flexibility index (Phi) is 6.01. The van der Waals surface area contributed by atoms with Gasteiger partial charge >= 0.3 is 0 Å². The van der Waals surface area contributed by atoms with Crippen molar-refractivity contribution in [2.75, 3.05) is 37.9 Å². The maximum atomic E-state index is 11.8. The van der Waals surface area contributed by atoms with Crippen molar-refractivity contribution in [1.82, 2.24) is 4.90 Å². The van der Waals surface area contributed by atoms with Crippen molar-refractivity contribution in [3.8, 4) is 0 Å². The minimum Gasteiger partial charge on any atom is -0.397 e. The lowest BCUT2D eigenvalue weighted by atomic mass is 10.1. The number of nitrogens with two attached hydrogens (primary N) is 1.